The number of amides is 1. The molecule has 0 bridgehead atoms. The highest BCUT2D eigenvalue weighted by molar-refractivity contribution is 5.87. The minimum atomic E-state index is -0.900. The van der Waals surface area contributed by atoms with Crippen LogP contribution in [0.25, 0.3) is 0 Å². The average Bonchev–Trinajstić information content (AvgIpc) is 2.92. The lowest BCUT2D eigenvalue weighted by Crippen LogP contribution is -2.52. The monoisotopic (exact) mass is 303 g/mol. The molecule has 0 spiro atoms. The second-order valence-electron chi connectivity index (χ2n) is 6.67. The summed E-state index contributed by atoms with van der Waals surface area (Å²) >= 11 is 0. The van der Waals surface area contributed by atoms with Gasteiger partial charge in [0.25, 0.3) is 0 Å². The van der Waals surface area contributed by atoms with Gasteiger partial charge < -0.3 is 14.7 Å². The highest BCUT2D eigenvalue weighted by Gasteiger charge is 2.44. The van der Waals surface area contributed by atoms with Gasteiger partial charge in [0.1, 0.15) is 0 Å². The van der Waals surface area contributed by atoms with E-state index in [2.05, 4.69) is 0 Å². The maximum atomic E-state index is 12.5. The van der Waals surface area contributed by atoms with Crippen molar-refractivity contribution in [2.75, 3.05) is 26.3 Å². The smallest absolute Gasteiger partial charge is 0.335 e. The van der Waals surface area contributed by atoms with Gasteiger partial charge >= 0.3 is 5.97 Å². The SMILES string of the molecule is CC1(C(=O)N2CCC(Cc3cccc(C(=O)O)c3)C2)COC1. The van der Waals surface area contributed by atoms with Crippen LogP contribution in [0.2, 0.25) is 0 Å². The first kappa shape index (κ1) is 15.0. The standard InChI is InChI=1S/C17H21NO4/c1-17(10-22-11-17)16(21)18-6-5-13(9-18)7-12-3-2-4-14(8-12)15(19)20/h2-4,8,13H,5-7,9-11H2,1H3,(H,19,20). The quantitative estimate of drug-likeness (QED) is 0.921. The molecule has 1 N–H and O–H groups in total. The van der Waals surface area contributed by atoms with Crippen LogP contribution >= 0.6 is 0 Å². The Hall–Kier alpha value is -1.88. The molecule has 22 heavy (non-hydrogen) atoms. The highest BCUT2D eigenvalue weighted by atomic mass is 16.5. The van der Waals surface area contributed by atoms with Gasteiger partial charge in [0, 0.05) is 13.1 Å². The van der Waals surface area contributed by atoms with Gasteiger partial charge in [0.05, 0.1) is 24.2 Å². The summed E-state index contributed by atoms with van der Waals surface area (Å²) in [4.78, 5) is 25.4. The van der Waals surface area contributed by atoms with E-state index < -0.39 is 5.97 Å². The summed E-state index contributed by atoms with van der Waals surface area (Å²) in [5.41, 5.74) is 1.01. The number of carboxylic acids is 1. The molecule has 1 atom stereocenters. The van der Waals surface area contributed by atoms with Gasteiger partial charge in [-0.2, -0.15) is 0 Å². The third kappa shape index (κ3) is 2.86. The molecule has 0 radical (unpaired) electrons. The molecule has 1 aromatic rings. The predicted molar refractivity (Wildman–Crippen MR) is 80.7 cm³/mol. The summed E-state index contributed by atoms with van der Waals surface area (Å²) in [5.74, 6) is -0.305. The topological polar surface area (TPSA) is 66.8 Å². The van der Waals surface area contributed by atoms with E-state index in [4.69, 9.17) is 9.84 Å². The number of ether oxygens (including phenoxy) is 1. The minimum absolute atomic E-state index is 0.195. The van der Waals surface area contributed by atoms with Crippen molar-refractivity contribution in [2.45, 2.75) is 19.8 Å². The third-order valence-corrected chi connectivity index (χ3v) is 4.63. The molecule has 2 heterocycles. The Morgan fingerprint density at radius 2 is 2.18 bits per heavy atom. The number of hydrogen-bond acceptors (Lipinski definition) is 3. The molecule has 1 aromatic carbocycles. The van der Waals surface area contributed by atoms with Crippen LogP contribution in [-0.4, -0.2) is 48.2 Å². The fraction of sp³-hybridized carbons (Fsp3) is 0.529. The summed E-state index contributed by atoms with van der Waals surface area (Å²) in [5, 5.41) is 9.04. The zero-order valence-electron chi connectivity index (χ0n) is 12.7. The molecular formula is C17H21NO4. The van der Waals surface area contributed by atoms with Gasteiger partial charge in [-0.3, -0.25) is 4.79 Å². The van der Waals surface area contributed by atoms with Gasteiger partial charge in [0.15, 0.2) is 0 Å². The number of aromatic carboxylic acids is 1. The highest BCUT2D eigenvalue weighted by Crippen LogP contribution is 2.32. The molecule has 118 valence electrons. The first-order valence-electron chi connectivity index (χ1n) is 7.67. The van der Waals surface area contributed by atoms with Crippen LogP contribution in [0.1, 0.15) is 29.3 Å². The van der Waals surface area contributed by atoms with Crippen molar-refractivity contribution in [3.63, 3.8) is 0 Å². The summed E-state index contributed by atoms with van der Waals surface area (Å²) in [7, 11) is 0. The van der Waals surface area contributed by atoms with E-state index in [9.17, 15) is 9.59 Å². The van der Waals surface area contributed by atoms with Gasteiger partial charge in [-0.15, -0.1) is 0 Å². The van der Waals surface area contributed by atoms with Crippen LogP contribution in [-0.2, 0) is 16.0 Å². The number of carboxylic acid groups (broad SMARTS) is 1. The Labute approximate surface area is 129 Å². The number of benzene rings is 1. The average molecular weight is 303 g/mol. The van der Waals surface area contributed by atoms with Gasteiger partial charge in [-0.25, -0.2) is 4.79 Å². The maximum Gasteiger partial charge on any atom is 0.335 e. The van der Waals surface area contributed by atoms with Crippen molar-refractivity contribution in [3.05, 3.63) is 35.4 Å². The predicted octanol–water partition coefficient (Wildman–Crippen LogP) is 1.81. The van der Waals surface area contributed by atoms with Gasteiger partial charge in [-0.1, -0.05) is 12.1 Å². The fourth-order valence-corrected chi connectivity index (χ4v) is 3.26. The number of hydrogen-bond donors (Lipinski definition) is 1. The summed E-state index contributed by atoms with van der Waals surface area (Å²) in [6, 6.07) is 7.07. The number of rotatable bonds is 4. The van der Waals surface area contributed by atoms with Gasteiger partial charge in [-0.05, 0) is 43.4 Å². The van der Waals surface area contributed by atoms with Crippen LogP contribution in [0.5, 0.6) is 0 Å². The number of carbonyl (C=O) groups is 2. The van der Waals surface area contributed by atoms with Crippen LogP contribution in [0.4, 0.5) is 0 Å². The lowest BCUT2D eigenvalue weighted by molar-refractivity contribution is -0.167. The molecule has 2 saturated heterocycles. The lowest BCUT2D eigenvalue weighted by atomic mass is 9.87. The Kier molecular flexibility index (Phi) is 3.91. The Bertz CT molecular complexity index is 594. The molecule has 0 aromatic heterocycles. The van der Waals surface area contributed by atoms with Crippen LogP contribution in [0, 0.1) is 11.3 Å². The molecule has 0 aliphatic carbocycles. The third-order valence-electron chi connectivity index (χ3n) is 4.63. The van der Waals surface area contributed by atoms with Crippen molar-refractivity contribution in [1.29, 1.82) is 0 Å². The number of carbonyl (C=O) groups excluding carboxylic acids is 1. The van der Waals surface area contributed by atoms with Crippen molar-refractivity contribution < 1.29 is 19.4 Å². The van der Waals surface area contributed by atoms with Crippen LogP contribution in [0.3, 0.4) is 0 Å². The number of likely N-dealkylation sites (tertiary alicyclic amines) is 1. The summed E-state index contributed by atoms with van der Waals surface area (Å²) in [6.45, 7) is 4.55. The molecule has 2 fully saturated rings. The van der Waals surface area contributed by atoms with Crippen molar-refractivity contribution >= 4 is 11.9 Å². The van der Waals surface area contributed by atoms with E-state index in [0.717, 1.165) is 31.5 Å². The molecule has 5 nitrogen and oxygen atoms in total. The van der Waals surface area contributed by atoms with E-state index >= 15 is 0 Å². The second kappa shape index (κ2) is 5.72. The largest absolute Gasteiger partial charge is 0.478 e. The molecule has 5 heteroatoms. The summed E-state index contributed by atoms with van der Waals surface area (Å²) in [6.07, 6.45) is 1.79. The van der Waals surface area contributed by atoms with E-state index in [1.807, 2.05) is 17.9 Å². The molecule has 3 rings (SSSR count). The Balaban J connectivity index is 1.60. The van der Waals surface area contributed by atoms with Crippen molar-refractivity contribution in [3.8, 4) is 0 Å². The van der Waals surface area contributed by atoms with Gasteiger partial charge in [0.2, 0.25) is 5.91 Å². The first-order valence-corrected chi connectivity index (χ1v) is 7.67. The van der Waals surface area contributed by atoms with E-state index in [1.165, 1.54) is 0 Å². The normalized spacial score (nSPS) is 23.1. The van der Waals surface area contributed by atoms with Crippen molar-refractivity contribution in [1.82, 2.24) is 4.90 Å². The summed E-state index contributed by atoms with van der Waals surface area (Å²) < 4.78 is 5.17. The van der Waals surface area contributed by atoms with E-state index in [1.54, 1.807) is 18.2 Å². The zero-order valence-corrected chi connectivity index (χ0v) is 12.7. The van der Waals surface area contributed by atoms with Crippen LogP contribution in [0.15, 0.2) is 24.3 Å². The molecule has 1 unspecified atom stereocenters. The minimum Gasteiger partial charge on any atom is -0.478 e. The zero-order chi connectivity index (χ0) is 15.7. The van der Waals surface area contributed by atoms with Crippen LogP contribution < -0.4 is 0 Å². The molecule has 0 saturated carbocycles. The second-order valence-corrected chi connectivity index (χ2v) is 6.67. The van der Waals surface area contributed by atoms with Crippen molar-refractivity contribution in [2.24, 2.45) is 11.3 Å². The van der Waals surface area contributed by atoms with E-state index in [0.29, 0.717) is 24.7 Å². The molecule has 2 aliphatic heterocycles. The molecule has 1 amide bonds. The Morgan fingerprint density at radius 1 is 1.41 bits per heavy atom. The molecular weight excluding hydrogens is 282 g/mol. The molecule has 2 aliphatic rings. The number of nitrogens with zero attached hydrogens (tertiary/aromatic N) is 1. The fourth-order valence-electron chi connectivity index (χ4n) is 3.26. The Morgan fingerprint density at radius 3 is 2.82 bits per heavy atom. The lowest BCUT2D eigenvalue weighted by Gasteiger charge is -2.39. The van der Waals surface area contributed by atoms with E-state index in [-0.39, 0.29) is 11.3 Å². The maximum absolute atomic E-state index is 12.5. The first-order chi connectivity index (χ1) is 10.5.